The van der Waals surface area contributed by atoms with Gasteiger partial charge in [-0.05, 0) is 25.2 Å². The molecule has 2 rings (SSSR count). The first-order valence-corrected chi connectivity index (χ1v) is 6.76. The van der Waals surface area contributed by atoms with Crippen molar-refractivity contribution in [1.29, 1.82) is 0 Å². The molecule has 0 spiro atoms. The molecule has 1 aromatic rings. The Labute approximate surface area is 110 Å². The lowest BCUT2D eigenvalue weighted by Gasteiger charge is -2.43. The molecule has 0 unspecified atom stereocenters. The van der Waals surface area contributed by atoms with Crippen LogP contribution in [0, 0.1) is 5.41 Å². The Morgan fingerprint density at radius 3 is 2.33 bits per heavy atom. The Morgan fingerprint density at radius 1 is 1.17 bits per heavy atom. The molecular formula is C15H23NO2. The fraction of sp³-hybridized carbons (Fsp3) is 0.600. The molecule has 3 heteroatoms. The van der Waals surface area contributed by atoms with E-state index in [4.69, 9.17) is 9.47 Å². The van der Waals surface area contributed by atoms with Crippen molar-refractivity contribution in [2.75, 3.05) is 39.5 Å². The molecule has 0 atom stereocenters. The summed E-state index contributed by atoms with van der Waals surface area (Å²) in [5.41, 5.74) is 0.182. The van der Waals surface area contributed by atoms with Gasteiger partial charge in [0.05, 0.1) is 25.2 Å². The standard InChI is InChI=1S/C15H23NO2/c1-3-16(4-2)10-15(11-17-12-15)13-18-14-8-6-5-7-9-14/h5-9H,3-4,10-13H2,1-2H3. The summed E-state index contributed by atoms with van der Waals surface area (Å²) in [6.45, 7) is 10.0. The highest BCUT2D eigenvalue weighted by Gasteiger charge is 2.40. The van der Waals surface area contributed by atoms with Crippen molar-refractivity contribution in [2.45, 2.75) is 13.8 Å². The molecule has 1 aliphatic heterocycles. The molecule has 0 N–H and O–H groups in total. The molecule has 3 nitrogen and oxygen atoms in total. The number of rotatable bonds is 7. The quantitative estimate of drug-likeness (QED) is 0.741. The van der Waals surface area contributed by atoms with Crippen molar-refractivity contribution in [3.63, 3.8) is 0 Å². The summed E-state index contributed by atoms with van der Waals surface area (Å²) in [4.78, 5) is 2.44. The largest absolute Gasteiger partial charge is 0.493 e. The van der Waals surface area contributed by atoms with E-state index in [0.29, 0.717) is 0 Å². The number of hydrogen-bond donors (Lipinski definition) is 0. The van der Waals surface area contributed by atoms with E-state index < -0.39 is 0 Å². The van der Waals surface area contributed by atoms with Crippen molar-refractivity contribution in [1.82, 2.24) is 4.90 Å². The van der Waals surface area contributed by atoms with Gasteiger partial charge in [0.25, 0.3) is 0 Å². The van der Waals surface area contributed by atoms with E-state index >= 15 is 0 Å². The number of ether oxygens (including phenoxy) is 2. The van der Waals surface area contributed by atoms with Crippen molar-refractivity contribution < 1.29 is 9.47 Å². The molecule has 1 aromatic carbocycles. The van der Waals surface area contributed by atoms with Crippen LogP contribution in [0.15, 0.2) is 30.3 Å². The van der Waals surface area contributed by atoms with Crippen LogP contribution >= 0.6 is 0 Å². The van der Waals surface area contributed by atoms with Crippen LogP contribution in [0.4, 0.5) is 0 Å². The minimum atomic E-state index is 0.182. The predicted molar refractivity (Wildman–Crippen MR) is 73.0 cm³/mol. The lowest BCUT2D eigenvalue weighted by molar-refractivity contribution is -0.143. The Morgan fingerprint density at radius 2 is 1.83 bits per heavy atom. The Bertz CT molecular complexity index is 345. The zero-order valence-electron chi connectivity index (χ0n) is 11.4. The zero-order valence-corrected chi connectivity index (χ0v) is 11.4. The Balaban J connectivity index is 1.88. The molecule has 0 aromatic heterocycles. The molecule has 18 heavy (non-hydrogen) atoms. The molecular weight excluding hydrogens is 226 g/mol. The van der Waals surface area contributed by atoms with Crippen molar-refractivity contribution >= 4 is 0 Å². The Kier molecular flexibility index (Phi) is 4.61. The molecule has 1 aliphatic rings. The summed E-state index contributed by atoms with van der Waals surface area (Å²) in [5.74, 6) is 0.948. The second kappa shape index (κ2) is 6.21. The van der Waals surface area contributed by atoms with Crippen LogP contribution in [0.3, 0.4) is 0 Å². The summed E-state index contributed by atoms with van der Waals surface area (Å²) < 4.78 is 11.3. The first kappa shape index (κ1) is 13.4. The lowest BCUT2D eigenvalue weighted by atomic mass is 9.86. The molecule has 0 aliphatic carbocycles. The van der Waals surface area contributed by atoms with Gasteiger partial charge in [0.2, 0.25) is 0 Å². The highest BCUT2D eigenvalue weighted by atomic mass is 16.5. The molecule has 1 saturated heterocycles. The smallest absolute Gasteiger partial charge is 0.119 e. The first-order chi connectivity index (χ1) is 8.78. The fourth-order valence-corrected chi connectivity index (χ4v) is 2.29. The van der Waals surface area contributed by atoms with Crippen molar-refractivity contribution in [3.8, 4) is 5.75 Å². The maximum absolute atomic E-state index is 5.90. The SMILES string of the molecule is CCN(CC)CC1(COc2ccccc2)COC1. The van der Waals surface area contributed by atoms with Gasteiger partial charge in [-0.25, -0.2) is 0 Å². The van der Waals surface area contributed by atoms with E-state index in [1.807, 2.05) is 30.3 Å². The maximum Gasteiger partial charge on any atom is 0.119 e. The highest BCUT2D eigenvalue weighted by Crippen LogP contribution is 2.29. The van der Waals surface area contributed by atoms with Gasteiger partial charge in [-0.2, -0.15) is 0 Å². The van der Waals surface area contributed by atoms with Crippen LogP contribution in [0.5, 0.6) is 5.75 Å². The van der Waals surface area contributed by atoms with Crippen LogP contribution in [-0.4, -0.2) is 44.4 Å². The van der Waals surface area contributed by atoms with Crippen LogP contribution in [0.25, 0.3) is 0 Å². The van der Waals surface area contributed by atoms with E-state index in [1.54, 1.807) is 0 Å². The second-order valence-electron chi connectivity index (χ2n) is 5.06. The highest BCUT2D eigenvalue weighted by molar-refractivity contribution is 5.21. The lowest BCUT2D eigenvalue weighted by Crippen LogP contribution is -2.54. The van der Waals surface area contributed by atoms with Gasteiger partial charge < -0.3 is 14.4 Å². The third kappa shape index (κ3) is 3.24. The van der Waals surface area contributed by atoms with Gasteiger partial charge in [-0.15, -0.1) is 0 Å². The topological polar surface area (TPSA) is 21.7 Å². The number of nitrogens with zero attached hydrogens (tertiary/aromatic N) is 1. The molecule has 0 amide bonds. The van der Waals surface area contributed by atoms with Crippen LogP contribution in [-0.2, 0) is 4.74 Å². The number of hydrogen-bond acceptors (Lipinski definition) is 3. The van der Waals surface area contributed by atoms with E-state index in [0.717, 1.165) is 45.2 Å². The van der Waals surface area contributed by atoms with Crippen molar-refractivity contribution in [3.05, 3.63) is 30.3 Å². The maximum atomic E-state index is 5.90. The summed E-state index contributed by atoms with van der Waals surface area (Å²) in [6.07, 6.45) is 0. The fourth-order valence-electron chi connectivity index (χ4n) is 2.29. The molecule has 100 valence electrons. The molecule has 1 fully saturated rings. The monoisotopic (exact) mass is 249 g/mol. The number of benzene rings is 1. The van der Waals surface area contributed by atoms with E-state index in [2.05, 4.69) is 18.7 Å². The summed E-state index contributed by atoms with van der Waals surface area (Å²) in [7, 11) is 0. The average molecular weight is 249 g/mol. The molecule has 1 heterocycles. The number of para-hydroxylation sites is 1. The van der Waals surface area contributed by atoms with Gasteiger partial charge in [0.1, 0.15) is 5.75 Å². The van der Waals surface area contributed by atoms with Crippen molar-refractivity contribution in [2.24, 2.45) is 5.41 Å². The Hall–Kier alpha value is -1.06. The first-order valence-electron chi connectivity index (χ1n) is 6.76. The van der Waals surface area contributed by atoms with Gasteiger partial charge in [0, 0.05) is 6.54 Å². The third-order valence-corrected chi connectivity index (χ3v) is 3.56. The third-order valence-electron chi connectivity index (χ3n) is 3.56. The normalized spacial score (nSPS) is 17.5. The van der Waals surface area contributed by atoms with Gasteiger partial charge in [-0.3, -0.25) is 0 Å². The second-order valence-corrected chi connectivity index (χ2v) is 5.06. The zero-order chi connectivity index (χ0) is 12.8. The molecule has 0 saturated carbocycles. The minimum absolute atomic E-state index is 0.182. The van der Waals surface area contributed by atoms with E-state index in [-0.39, 0.29) is 5.41 Å². The van der Waals surface area contributed by atoms with Gasteiger partial charge in [0.15, 0.2) is 0 Å². The van der Waals surface area contributed by atoms with E-state index in [9.17, 15) is 0 Å². The van der Waals surface area contributed by atoms with Crippen LogP contribution in [0.2, 0.25) is 0 Å². The van der Waals surface area contributed by atoms with Crippen LogP contribution in [0.1, 0.15) is 13.8 Å². The summed E-state index contributed by atoms with van der Waals surface area (Å²) >= 11 is 0. The van der Waals surface area contributed by atoms with E-state index in [1.165, 1.54) is 0 Å². The van der Waals surface area contributed by atoms with Gasteiger partial charge >= 0.3 is 0 Å². The van der Waals surface area contributed by atoms with Crippen LogP contribution < -0.4 is 4.74 Å². The minimum Gasteiger partial charge on any atom is -0.493 e. The molecule has 0 radical (unpaired) electrons. The summed E-state index contributed by atoms with van der Waals surface area (Å²) in [5, 5.41) is 0. The average Bonchev–Trinajstić information content (AvgIpc) is 2.39. The summed E-state index contributed by atoms with van der Waals surface area (Å²) in [6, 6.07) is 10.0. The molecule has 0 bridgehead atoms. The van der Waals surface area contributed by atoms with Gasteiger partial charge in [-0.1, -0.05) is 32.0 Å². The predicted octanol–water partition coefficient (Wildman–Crippen LogP) is 2.42.